The summed E-state index contributed by atoms with van der Waals surface area (Å²) in [5, 5.41) is 2.30. The average Bonchev–Trinajstić information content (AvgIpc) is 2.61. The van der Waals surface area contributed by atoms with Crippen molar-refractivity contribution < 1.29 is 19.3 Å². The third-order valence-corrected chi connectivity index (χ3v) is 4.28. The van der Waals surface area contributed by atoms with Gasteiger partial charge >= 0.3 is 6.03 Å². The Kier molecular flexibility index (Phi) is 7.03. The standard InChI is InChI=1S/C19H26N4O3/c1-4-15(20-11-8-12-22(2)3)16-17(24)21-19(26)23(18(16)25)13-14-9-6-5-7-10-14/h5-7,9-10,16H,4,8,11-13H2,1-3H3,(H,21,24,26)/p+1. The number of aliphatic imine (C=N–C) groups is 1. The van der Waals surface area contributed by atoms with Crippen LogP contribution in [0, 0.1) is 5.92 Å². The van der Waals surface area contributed by atoms with E-state index >= 15 is 0 Å². The zero-order chi connectivity index (χ0) is 19.1. The lowest BCUT2D eigenvalue weighted by Gasteiger charge is -2.30. The summed E-state index contributed by atoms with van der Waals surface area (Å²) in [5.74, 6) is -2.10. The number of carbonyl (C=O) groups is 3. The van der Waals surface area contributed by atoms with E-state index in [-0.39, 0.29) is 6.54 Å². The van der Waals surface area contributed by atoms with Gasteiger partial charge in [0.1, 0.15) is 0 Å². The quantitative estimate of drug-likeness (QED) is 0.397. The molecular weight excluding hydrogens is 332 g/mol. The van der Waals surface area contributed by atoms with E-state index < -0.39 is 23.8 Å². The topological polar surface area (TPSA) is 83.3 Å². The van der Waals surface area contributed by atoms with Crippen LogP contribution < -0.4 is 10.2 Å². The largest absolute Gasteiger partial charge is 0.340 e. The maximum absolute atomic E-state index is 12.9. The van der Waals surface area contributed by atoms with E-state index in [0.717, 1.165) is 23.4 Å². The van der Waals surface area contributed by atoms with Crippen LogP contribution in [-0.4, -0.2) is 55.6 Å². The van der Waals surface area contributed by atoms with Gasteiger partial charge in [-0.1, -0.05) is 37.3 Å². The first-order valence-corrected chi connectivity index (χ1v) is 8.96. The van der Waals surface area contributed by atoms with Crippen molar-refractivity contribution in [3.63, 3.8) is 0 Å². The average molecular weight is 359 g/mol. The molecule has 2 N–H and O–H groups in total. The van der Waals surface area contributed by atoms with Crippen LogP contribution in [0.3, 0.4) is 0 Å². The van der Waals surface area contributed by atoms with Crippen LogP contribution in [-0.2, 0) is 16.1 Å². The Morgan fingerprint density at radius 1 is 1.19 bits per heavy atom. The Hall–Kier alpha value is -2.54. The van der Waals surface area contributed by atoms with Crippen LogP contribution in [0.4, 0.5) is 4.79 Å². The van der Waals surface area contributed by atoms with Crippen molar-refractivity contribution in [2.75, 3.05) is 27.2 Å². The van der Waals surface area contributed by atoms with Crippen molar-refractivity contribution in [2.45, 2.75) is 26.3 Å². The van der Waals surface area contributed by atoms with E-state index in [1.54, 1.807) is 0 Å². The maximum atomic E-state index is 12.9. The number of quaternary nitrogens is 1. The number of nitrogens with one attached hydrogen (secondary N) is 2. The highest BCUT2D eigenvalue weighted by molar-refractivity contribution is 6.27. The summed E-state index contributed by atoms with van der Waals surface area (Å²) in [6, 6.07) is 8.55. The van der Waals surface area contributed by atoms with Crippen molar-refractivity contribution >= 4 is 23.6 Å². The Balaban J connectivity index is 2.15. The van der Waals surface area contributed by atoms with Gasteiger partial charge in [-0.2, -0.15) is 0 Å². The molecule has 1 saturated heterocycles. The van der Waals surface area contributed by atoms with E-state index in [0.29, 0.717) is 18.7 Å². The molecule has 7 heteroatoms. The first kappa shape index (κ1) is 19.8. The highest BCUT2D eigenvalue weighted by Gasteiger charge is 2.42. The lowest BCUT2D eigenvalue weighted by Crippen LogP contribution is -3.05. The molecule has 0 bridgehead atoms. The molecule has 0 spiro atoms. The highest BCUT2D eigenvalue weighted by Crippen LogP contribution is 2.17. The molecule has 1 heterocycles. The van der Waals surface area contributed by atoms with E-state index in [2.05, 4.69) is 24.4 Å². The van der Waals surface area contributed by atoms with Crippen LogP contribution in [0.15, 0.2) is 35.3 Å². The Labute approximate surface area is 154 Å². The number of urea groups is 1. The summed E-state index contributed by atoms with van der Waals surface area (Å²) in [4.78, 5) is 44.2. The van der Waals surface area contributed by atoms with Crippen molar-refractivity contribution in [3.05, 3.63) is 35.9 Å². The van der Waals surface area contributed by atoms with E-state index in [4.69, 9.17) is 0 Å². The normalized spacial score (nSPS) is 18.5. The molecule has 7 nitrogen and oxygen atoms in total. The molecule has 1 aromatic rings. The molecule has 2 rings (SSSR count). The maximum Gasteiger partial charge on any atom is 0.331 e. The van der Waals surface area contributed by atoms with Crippen molar-refractivity contribution in [1.82, 2.24) is 10.2 Å². The SMILES string of the molecule is CCC(=NCCC[NH+](C)C)C1C(=O)NC(=O)N(Cc2ccccc2)C1=O. The van der Waals surface area contributed by atoms with E-state index in [1.807, 2.05) is 37.3 Å². The molecule has 140 valence electrons. The number of nitrogens with zero attached hydrogens (tertiary/aromatic N) is 2. The lowest BCUT2D eigenvalue weighted by molar-refractivity contribution is -0.858. The molecule has 1 unspecified atom stereocenters. The molecule has 1 aromatic carbocycles. The fourth-order valence-electron chi connectivity index (χ4n) is 2.89. The molecule has 1 fully saturated rings. The van der Waals surface area contributed by atoms with Gasteiger partial charge < -0.3 is 4.90 Å². The number of rotatable bonds is 8. The summed E-state index contributed by atoms with van der Waals surface area (Å²) in [5.41, 5.74) is 1.36. The first-order valence-electron chi connectivity index (χ1n) is 8.96. The van der Waals surface area contributed by atoms with Crippen molar-refractivity contribution in [3.8, 4) is 0 Å². The summed E-state index contributed by atoms with van der Waals surface area (Å²) >= 11 is 0. The van der Waals surface area contributed by atoms with Gasteiger partial charge in [-0.05, 0) is 12.0 Å². The van der Waals surface area contributed by atoms with Crippen LogP contribution in [0.25, 0.3) is 0 Å². The van der Waals surface area contributed by atoms with Gasteiger partial charge in [-0.25, -0.2) is 4.79 Å². The zero-order valence-corrected chi connectivity index (χ0v) is 15.6. The van der Waals surface area contributed by atoms with Crippen LogP contribution in [0.1, 0.15) is 25.3 Å². The third kappa shape index (κ3) is 4.98. The molecule has 4 amide bonds. The van der Waals surface area contributed by atoms with Gasteiger partial charge in [0.05, 0.1) is 27.2 Å². The van der Waals surface area contributed by atoms with Gasteiger partial charge in [0.2, 0.25) is 11.8 Å². The Morgan fingerprint density at radius 3 is 2.50 bits per heavy atom. The number of carbonyl (C=O) groups excluding carboxylic acids is 3. The molecular formula is C19H27N4O3+. The number of hydrogen-bond donors (Lipinski definition) is 2. The lowest BCUT2D eigenvalue weighted by atomic mass is 9.96. The highest BCUT2D eigenvalue weighted by atomic mass is 16.2. The minimum atomic E-state index is -1.02. The van der Waals surface area contributed by atoms with Crippen LogP contribution >= 0.6 is 0 Å². The number of amides is 4. The van der Waals surface area contributed by atoms with Gasteiger partial charge in [-0.3, -0.25) is 24.8 Å². The molecule has 0 aliphatic carbocycles. The van der Waals surface area contributed by atoms with Crippen molar-refractivity contribution in [1.29, 1.82) is 0 Å². The number of imide groups is 2. The summed E-state index contributed by atoms with van der Waals surface area (Å²) in [7, 11) is 4.13. The van der Waals surface area contributed by atoms with Gasteiger partial charge in [0.25, 0.3) is 0 Å². The van der Waals surface area contributed by atoms with Gasteiger partial charge in [0, 0.05) is 18.7 Å². The van der Waals surface area contributed by atoms with Gasteiger partial charge in [0.15, 0.2) is 5.92 Å². The van der Waals surface area contributed by atoms with E-state index in [9.17, 15) is 14.4 Å². The smallest absolute Gasteiger partial charge is 0.331 e. The zero-order valence-electron chi connectivity index (χ0n) is 15.6. The minimum Gasteiger partial charge on any atom is -0.340 e. The summed E-state index contributed by atoms with van der Waals surface area (Å²) in [6.45, 7) is 3.53. The second-order valence-electron chi connectivity index (χ2n) is 6.67. The fraction of sp³-hybridized carbons (Fsp3) is 0.474. The van der Waals surface area contributed by atoms with Crippen LogP contribution in [0.5, 0.6) is 0 Å². The first-order chi connectivity index (χ1) is 12.4. The predicted octanol–water partition coefficient (Wildman–Crippen LogP) is 0.267. The number of benzene rings is 1. The fourth-order valence-corrected chi connectivity index (χ4v) is 2.89. The summed E-state index contributed by atoms with van der Waals surface area (Å²) < 4.78 is 0. The van der Waals surface area contributed by atoms with Crippen molar-refractivity contribution in [2.24, 2.45) is 10.9 Å². The van der Waals surface area contributed by atoms with Crippen LogP contribution in [0.2, 0.25) is 0 Å². The third-order valence-electron chi connectivity index (χ3n) is 4.28. The second kappa shape index (κ2) is 9.24. The monoisotopic (exact) mass is 359 g/mol. The molecule has 26 heavy (non-hydrogen) atoms. The number of hydrogen-bond acceptors (Lipinski definition) is 4. The predicted molar refractivity (Wildman–Crippen MR) is 98.9 cm³/mol. The molecule has 0 saturated carbocycles. The number of barbiturate groups is 1. The molecule has 0 radical (unpaired) electrons. The Bertz CT molecular complexity index is 685. The molecule has 1 aliphatic heterocycles. The minimum absolute atomic E-state index is 0.135. The second-order valence-corrected chi connectivity index (χ2v) is 6.67. The molecule has 1 atom stereocenters. The summed E-state index contributed by atoms with van der Waals surface area (Å²) in [6.07, 6.45) is 1.37. The molecule has 1 aliphatic rings. The Morgan fingerprint density at radius 2 is 1.88 bits per heavy atom. The van der Waals surface area contributed by atoms with Gasteiger partial charge in [-0.15, -0.1) is 0 Å². The molecule has 0 aromatic heterocycles. The van der Waals surface area contributed by atoms with E-state index in [1.165, 1.54) is 4.90 Å².